The summed E-state index contributed by atoms with van der Waals surface area (Å²) in [5.74, 6) is -0.323. The molecule has 0 unspecified atom stereocenters. The molecule has 17 heavy (non-hydrogen) atoms. The van der Waals surface area contributed by atoms with E-state index in [1.54, 1.807) is 12.1 Å². The van der Waals surface area contributed by atoms with Crippen LogP contribution in [0.25, 0.3) is 0 Å². The van der Waals surface area contributed by atoms with E-state index in [4.69, 9.17) is 5.26 Å². The first-order valence-electron chi connectivity index (χ1n) is 5.43. The van der Waals surface area contributed by atoms with Gasteiger partial charge in [0.15, 0.2) is 0 Å². The first-order valence-corrected chi connectivity index (χ1v) is 5.43. The lowest BCUT2D eigenvalue weighted by Crippen LogP contribution is -2.05. The summed E-state index contributed by atoms with van der Waals surface area (Å²) in [6.07, 6.45) is 0. The number of aryl methyl sites for hydroxylation is 2. The average molecular weight is 228 g/mol. The summed E-state index contributed by atoms with van der Waals surface area (Å²) >= 11 is 0. The number of hydrogen-bond donors (Lipinski definition) is 0. The minimum absolute atomic E-state index is 0.323. The van der Waals surface area contributed by atoms with Crippen LogP contribution in [0.1, 0.15) is 22.5 Å². The molecule has 0 bridgehead atoms. The van der Waals surface area contributed by atoms with Gasteiger partial charge in [0.2, 0.25) is 0 Å². The topological polar surface area (TPSA) is 28.7 Å². The second-order valence-corrected chi connectivity index (χ2v) is 4.12. The summed E-state index contributed by atoms with van der Waals surface area (Å²) in [6.45, 7) is 4.49. The maximum Gasteiger partial charge on any atom is 0.129 e. The van der Waals surface area contributed by atoms with Gasteiger partial charge in [0.25, 0.3) is 0 Å². The molecule has 0 saturated heterocycles. The summed E-state index contributed by atoms with van der Waals surface area (Å²) in [6, 6.07) is 10.6. The van der Waals surface area contributed by atoms with Crippen molar-refractivity contribution in [3.8, 4) is 6.07 Å². The van der Waals surface area contributed by atoms with E-state index in [1.165, 1.54) is 6.07 Å². The first kappa shape index (κ1) is 11.4. The van der Waals surface area contributed by atoms with Crippen LogP contribution in [0.5, 0.6) is 0 Å². The number of nitriles is 1. The Morgan fingerprint density at radius 2 is 1.82 bits per heavy atom. The van der Waals surface area contributed by atoms with Crippen LogP contribution in [-0.4, -0.2) is 4.57 Å². The van der Waals surface area contributed by atoms with Crippen molar-refractivity contribution in [2.75, 3.05) is 0 Å². The summed E-state index contributed by atoms with van der Waals surface area (Å²) < 4.78 is 15.8. The number of halogens is 1. The molecule has 0 spiro atoms. The van der Waals surface area contributed by atoms with E-state index >= 15 is 0 Å². The Morgan fingerprint density at radius 3 is 2.35 bits per heavy atom. The number of aromatic nitrogens is 1. The lowest BCUT2D eigenvalue weighted by molar-refractivity contribution is 0.595. The lowest BCUT2D eigenvalue weighted by atomic mass is 10.1. The van der Waals surface area contributed by atoms with E-state index in [0.717, 1.165) is 11.4 Å². The molecule has 0 aliphatic heterocycles. The first-order chi connectivity index (χ1) is 8.11. The molecular weight excluding hydrogens is 215 g/mol. The zero-order chi connectivity index (χ0) is 12.4. The van der Waals surface area contributed by atoms with Crippen molar-refractivity contribution >= 4 is 0 Å². The smallest absolute Gasteiger partial charge is 0.129 e. The average Bonchev–Trinajstić information content (AvgIpc) is 2.63. The normalized spacial score (nSPS) is 10.2. The predicted octanol–water partition coefficient (Wildman–Crippen LogP) is 3.16. The van der Waals surface area contributed by atoms with Crippen LogP contribution in [0, 0.1) is 31.0 Å². The highest BCUT2D eigenvalue weighted by atomic mass is 19.1. The maximum absolute atomic E-state index is 13.7. The Hall–Kier alpha value is -2.08. The fourth-order valence-electron chi connectivity index (χ4n) is 1.86. The van der Waals surface area contributed by atoms with Crippen LogP contribution in [-0.2, 0) is 6.54 Å². The van der Waals surface area contributed by atoms with E-state index in [-0.39, 0.29) is 5.82 Å². The Kier molecular flexibility index (Phi) is 2.97. The molecule has 1 heterocycles. The third-order valence-electron chi connectivity index (χ3n) is 2.93. The van der Waals surface area contributed by atoms with Crippen molar-refractivity contribution in [3.63, 3.8) is 0 Å². The largest absolute Gasteiger partial charge is 0.345 e. The molecule has 0 radical (unpaired) electrons. The highest BCUT2D eigenvalue weighted by molar-refractivity contribution is 5.33. The molecule has 0 atom stereocenters. The number of rotatable bonds is 2. The summed E-state index contributed by atoms with van der Waals surface area (Å²) in [4.78, 5) is 0. The van der Waals surface area contributed by atoms with Gasteiger partial charge in [0, 0.05) is 17.0 Å². The molecule has 2 aromatic rings. The SMILES string of the molecule is Cc1ccc(C)n1Cc1ccc(C#N)cc1F. The van der Waals surface area contributed by atoms with Crippen molar-refractivity contribution < 1.29 is 4.39 Å². The van der Waals surface area contributed by atoms with Crippen LogP contribution < -0.4 is 0 Å². The Labute approximate surface area is 99.9 Å². The molecular formula is C14H13FN2. The minimum Gasteiger partial charge on any atom is -0.345 e. The molecule has 0 saturated carbocycles. The molecule has 2 rings (SSSR count). The molecule has 0 amide bonds. The third kappa shape index (κ3) is 2.21. The maximum atomic E-state index is 13.7. The Morgan fingerprint density at radius 1 is 1.18 bits per heavy atom. The summed E-state index contributed by atoms with van der Waals surface area (Å²) in [5, 5.41) is 8.68. The van der Waals surface area contributed by atoms with Crippen molar-refractivity contribution in [1.29, 1.82) is 5.26 Å². The van der Waals surface area contributed by atoms with Crippen molar-refractivity contribution in [1.82, 2.24) is 4.57 Å². The molecule has 1 aromatic carbocycles. The van der Waals surface area contributed by atoms with Gasteiger partial charge in [-0.2, -0.15) is 5.26 Å². The zero-order valence-electron chi connectivity index (χ0n) is 9.87. The van der Waals surface area contributed by atoms with Gasteiger partial charge >= 0.3 is 0 Å². The summed E-state index contributed by atoms with van der Waals surface area (Å²) in [5.41, 5.74) is 3.16. The second kappa shape index (κ2) is 4.42. The quantitative estimate of drug-likeness (QED) is 0.776. The lowest BCUT2D eigenvalue weighted by Gasteiger charge is -2.10. The molecule has 86 valence electrons. The van der Waals surface area contributed by atoms with Gasteiger partial charge in [-0.25, -0.2) is 4.39 Å². The summed E-state index contributed by atoms with van der Waals surface area (Å²) in [7, 11) is 0. The van der Waals surface area contributed by atoms with Gasteiger partial charge in [-0.05, 0) is 38.1 Å². The van der Waals surface area contributed by atoms with Gasteiger partial charge in [-0.15, -0.1) is 0 Å². The van der Waals surface area contributed by atoms with Crippen LogP contribution in [0.15, 0.2) is 30.3 Å². The van der Waals surface area contributed by atoms with Crippen LogP contribution >= 0.6 is 0 Å². The number of benzene rings is 1. The van der Waals surface area contributed by atoms with E-state index < -0.39 is 0 Å². The van der Waals surface area contributed by atoms with Gasteiger partial charge in [0.1, 0.15) is 5.82 Å². The van der Waals surface area contributed by atoms with E-state index in [0.29, 0.717) is 17.7 Å². The zero-order valence-corrected chi connectivity index (χ0v) is 9.87. The molecule has 2 nitrogen and oxygen atoms in total. The number of nitrogens with zero attached hydrogens (tertiary/aromatic N) is 2. The van der Waals surface area contributed by atoms with E-state index in [9.17, 15) is 4.39 Å². The van der Waals surface area contributed by atoms with Crippen LogP contribution in [0.4, 0.5) is 4.39 Å². The third-order valence-corrected chi connectivity index (χ3v) is 2.93. The van der Waals surface area contributed by atoms with Gasteiger partial charge in [-0.1, -0.05) is 6.07 Å². The molecule has 3 heteroatoms. The van der Waals surface area contributed by atoms with Crippen molar-refractivity contribution in [2.24, 2.45) is 0 Å². The Bertz CT molecular complexity index is 571. The van der Waals surface area contributed by atoms with Crippen molar-refractivity contribution in [3.05, 3.63) is 58.7 Å². The van der Waals surface area contributed by atoms with E-state index in [2.05, 4.69) is 0 Å². The monoisotopic (exact) mass is 228 g/mol. The number of hydrogen-bond acceptors (Lipinski definition) is 1. The molecule has 1 aromatic heterocycles. The molecule has 0 fully saturated rings. The fraction of sp³-hybridized carbons (Fsp3) is 0.214. The van der Waals surface area contributed by atoms with Gasteiger partial charge in [-0.3, -0.25) is 0 Å². The second-order valence-electron chi connectivity index (χ2n) is 4.12. The Balaban J connectivity index is 2.34. The fourth-order valence-corrected chi connectivity index (χ4v) is 1.86. The predicted molar refractivity (Wildman–Crippen MR) is 64.1 cm³/mol. The van der Waals surface area contributed by atoms with Crippen LogP contribution in [0.2, 0.25) is 0 Å². The standard InChI is InChI=1S/C14H13FN2/c1-10-3-4-11(2)17(10)9-13-6-5-12(8-16)7-14(13)15/h3-7H,9H2,1-2H3. The van der Waals surface area contributed by atoms with Gasteiger partial charge in [0.05, 0.1) is 18.2 Å². The minimum atomic E-state index is -0.323. The van der Waals surface area contributed by atoms with Crippen molar-refractivity contribution in [2.45, 2.75) is 20.4 Å². The molecule has 0 aliphatic rings. The van der Waals surface area contributed by atoms with Crippen LogP contribution in [0.3, 0.4) is 0 Å². The molecule has 0 N–H and O–H groups in total. The highest BCUT2D eigenvalue weighted by Gasteiger charge is 2.07. The highest BCUT2D eigenvalue weighted by Crippen LogP contribution is 2.15. The van der Waals surface area contributed by atoms with E-state index in [1.807, 2.05) is 36.6 Å². The molecule has 0 aliphatic carbocycles. The van der Waals surface area contributed by atoms with Gasteiger partial charge < -0.3 is 4.57 Å².